The Kier molecular flexibility index (Phi) is 19.2. The van der Waals surface area contributed by atoms with E-state index in [2.05, 4.69) is 16.0 Å². The number of rotatable bonds is 18. The molecular formula is C38H51F6N7O8. The van der Waals surface area contributed by atoms with Gasteiger partial charge >= 0.3 is 24.3 Å². The van der Waals surface area contributed by atoms with E-state index in [1.54, 1.807) is 67.6 Å². The van der Waals surface area contributed by atoms with E-state index in [4.69, 9.17) is 27.1 Å². The fourth-order valence-electron chi connectivity index (χ4n) is 6.17. The highest BCUT2D eigenvalue weighted by atomic mass is 19.4. The van der Waals surface area contributed by atoms with Crippen LogP contribution in [0.4, 0.5) is 26.3 Å². The SMILES string of the molecule is CC1CC(N)(C(=O)O)CCN1C(=O)[C@@H](CCCCN)NC(=O)C(CCC(F)(F)F)NC(=O)[C@@H](Cc1ccccc1)NC(=O)[C@H](N)Cc1ccccc1.O=C(O)C(F)(F)F. The minimum Gasteiger partial charge on any atom is -0.480 e. The predicted molar refractivity (Wildman–Crippen MR) is 201 cm³/mol. The van der Waals surface area contributed by atoms with Gasteiger partial charge in [-0.1, -0.05) is 60.7 Å². The van der Waals surface area contributed by atoms with Crippen LogP contribution in [0.25, 0.3) is 0 Å². The Labute approximate surface area is 336 Å². The number of amides is 4. The van der Waals surface area contributed by atoms with Crippen LogP contribution in [0.2, 0.25) is 0 Å². The number of nitrogens with one attached hydrogen (secondary N) is 3. The topological polar surface area (TPSA) is 260 Å². The number of halogens is 6. The molecule has 1 aliphatic heterocycles. The highest BCUT2D eigenvalue weighted by Crippen LogP contribution is 2.27. The summed E-state index contributed by atoms with van der Waals surface area (Å²) in [6, 6.07) is 11.6. The first-order valence-electron chi connectivity index (χ1n) is 18.6. The first-order chi connectivity index (χ1) is 27.5. The van der Waals surface area contributed by atoms with E-state index in [1.807, 2.05) is 0 Å². The summed E-state index contributed by atoms with van der Waals surface area (Å²) < 4.78 is 72.1. The van der Waals surface area contributed by atoms with Crippen molar-refractivity contribution < 1.29 is 65.3 Å². The number of carboxylic acid groups (broad SMARTS) is 2. The molecule has 328 valence electrons. The Morgan fingerprint density at radius 3 is 1.75 bits per heavy atom. The molecule has 2 aromatic carbocycles. The Hall–Kier alpha value is -5.28. The molecule has 0 aromatic heterocycles. The van der Waals surface area contributed by atoms with E-state index in [0.717, 1.165) is 5.56 Å². The standard InChI is InChI=1S/C36H50F3N7O6.C2HF3O2/c1-23-22-35(42,34(51)52)17-19-46(23)33(50)28(14-8-9-18-40)44-31(48)27(15-16-36(37,38)39)43-32(49)29(21-25-12-6-3-7-13-25)45-30(47)26(41)20-24-10-4-2-5-11-24;3-2(4,5)1(6)7/h2-7,10-13,23,26-29H,8-9,14-22,40-42H2,1H3,(H,43,49)(H,44,48)(H,45,47)(H,51,52);(H,6,7)/t23?,26-,27?,28-,29-,35?;/m1./s1. The van der Waals surface area contributed by atoms with Crippen LogP contribution in [0.3, 0.4) is 0 Å². The summed E-state index contributed by atoms with van der Waals surface area (Å²) >= 11 is 0. The number of piperidine rings is 1. The fourth-order valence-corrected chi connectivity index (χ4v) is 6.17. The van der Waals surface area contributed by atoms with Gasteiger partial charge in [0.1, 0.15) is 23.7 Å². The number of likely N-dealkylation sites (tertiary alicyclic amines) is 1. The van der Waals surface area contributed by atoms with E-state index >= 15 is 0 Å². The van der Waals surface area contributed by atoms with Crippen molar-refractivity contribution in [2.24, 2.45) is 17.2 Å². The zero-order valence-corrected chi connectivity index (χ0v) is 32.2. The average molecular weight is 848 g/mol. The summed E-state index contributed by atoms with van der Waals surface area (Å²) in [7, 11) is 0. The molecular weight excluding hydrogens is 796 g/mol. The number of nitrogens with zero attached hydrogens (tertiary/aromatic N) is 1. The van der Waals surface area contributed by atoms with Gasteiger partial charge in [-0.2, -0.15) is 26.3 Å². The zero-order valence-electron chi connectivity index (χ0n) is 32.2. The molecule has 0 bridgehead atoms. The number of carboxylic acids is 2. The number of carbonyl (C=O) groups is 6. The van der Waals surface area contributed by atoms with Crippen molar-refractivity contribution in [3.8, 4) is 0 Å². The molecule has 2 aromatic rings. The lowest BCUT2D eigenvalue weighted by Gasteiger charge is -2.42. The van der Waals surface area contributed by atoms with Gasteiger partial charge in [0.25, 0.3) is 0 Å². The van der Waals surface area contributed by atoms with Crippen LogP contribution in [0.15, 0.2) is 60.7 Å². The van der Waals surface area contributed by atoms with Gasteiger partial charge in [-0.3, -0.25) is 24.0 Å². The van der Waals surface area contributed by atoms with Crippen LogP contribution >= 0.6 is 0 Å². The molecule has 0 spiro atoms. The van der Waals surface area contributed by atoms with Gasteiger partial charge in [0.05, 0.1) is 6.04 Å². The second kappa shape index (κ2) is 22.8. The Morgan fingerprint density at radius 2 is 1.27 bits per heavy atom. The molecule has 0 aliphatic carbocycles. The molecule has 0 radical (unpaired) electrons. The second-order valence-electron chi connectivity index (χ2n) is 14.2. The monoisotopic (exact) mass is 847 g/mol. The molecule has 11 N–H and O–H groups in total. The van der Waals surface area contributed by atoms with Crippen molar-refractivity contribution in [3.05, 3.63) is 71.8 Å². The smallest absolute Gasteiger partial charge is 0.480 e. The first kappa shape index (κ1) is 49.9. The summed E-state index contributed by atoms with van der Waals surface area (Å²) in [5, 5.41) is 24.2. The maximum atomic E-state index is 13.8. The van der Waals surface area contributed by atoms with Gasteiger partial charge in [-0.05, 0) is 69.5 Å². The van der Waals surface area contributed by atoms with Gasteiger partial charge < -0.3 is 48.3 Å². The molecule has 15 nitrogen and oxygen atoms in total. The maximum absolute atomic E-state index is 13.8. The van der Waals surface area contributed by atoms with Crippen LogP contribution in [0, 0.1) is 0 Å². The summed E-state index contributed by atoms with van der Waals surface area (Å²) in [6.45, 7) is 1.89. The molecule has 1 fully saturated rings. The molecule has 59 heavy (non-hydrogen) atoms. The van der Waals surface area contributed by atoms with Crippen molar-refractivity contribution >= 4 is 35.6 Å². The molecule has 3 unspecified atom stereocenters. The summed E-state index contributed by atoms with van der Waals surface area (Å²) in [5.41, 5.74) is 17.7. The number of hydrogen-bond acceptors (Lipinski definition) is 9. The first-order valence-corrected chi connectivity index (χ1v) is 18.6. The Balaban J connectivity index is 0.00000157. The number of aliphatic carboxylic acids is 2. The number of nitrogens with two attached hydrogens (primary N) is 3. The van der Waals surface area contributed by atoms with Crippen molar-refractivity contribution in [2.45, 2.75) is 113 Å². The van der Waals surface area contributed by atoms with Crippen LogP contribution in [0.5, 0.6) is 0 Å². The molecule has 6 atom stereocenters. The minimum atomic E-state index is -5.08. The van der Waals surface area contributed by atoms with Gasteiger partial charge in [-0.15, -0.1) is 0 Å². The highest BCUT2D eigenvalue weighted by molar-refractivity contribution is 5.95. The third-order valence-corrected chi connectivity index (χ3v) is 9.40. The number of unbranched alkanes of at least 4 members (excludes halogenated alkanes) is 1. The lowest BCUT2D eigenvalue weighted by atomic mass is 9.84. The molecule has 1 aliphatic rings. The van der Waals surface area contributed by atoms with Crippen molar-refractivity contribution in [2.75, 3.05) is 13.1 Å². The number of hydrogen-bond donors (Lipinski definition) is 8. The van der Waals surface area contributed by atoms with E-state index in [0.29, 0.717) is 18.4 Å². The van der Waals surface area contributed by atoms with Gasteiger partial charge in [-0.25, -0.2) is 4.79 Å². The average Bonchev–Trinajstić information content (AvgIpc) is 3.15. The van der Waals surface area contributed by atoms with Gasteiger partial charge in [0.2, 0.25) is 23.6 Å². The summed E-state index contributed by atoms with van der Waals surface area (Å²) in [6.07, 6.45) is -11.1. The van der Waals surface area contributed by atoms with E-state index < -0.39 is 96.5 Å². The third kappa shape index (κ3) is 17.2. The van der Waals surface area contributed by atoms with Crippen molar-refractivity contribution in [1.82, 2.24) is 20.9 Å². The zero-order chi connectivity index (χ0) is 44.6. The maximum Gasteiger partial charge on any atom is 0.490 e. The van der Waals surface area contributed by atoms with Crippen molar-refractivity contribution in [3.63, 3.8) is 0 Å². The van der Waals surface area contributed by atoms with Gasteiger partial charge in [0.15, 0.2) is 0 Å². The van der Waals surface area contributed by atoms with Gasteiger partial charge in [0, 0.05) is 25.4 Å². The third-order valence-electron chi connectivity index (χ3n) is 9.40. The van der Waals surface area contributed by atoms with E-state index in [-0.39, 0.29) is 45.2 Å². The van der Waals surface area contributed by atoms with Crippen molar-refractivity contribution in [1.29, 1.82) is 0 Å². The predicted octanol–water partition coefficient (Wildman–Crippen LogP) is 2.15. The van der Waals surface area contributed by atoms with Crippen LogP contribution in [-0.2, 0) is 41.6 Å². The van der Waals surface area contributed by atoms with Crippen LogP contribution in [-0.4, -0.2) is 112 Å². The Morgan fingerprint density at radius 1 is 0.780 bits per heavy atom. The number of carbonyl (C=O) groups excluding carboxylic acids is 4. The summed E-state index contributed by atoms with van der Waals surface area (Å²) in [5.74, 6) is -7.16. The molecule has 3 rings (SSSR count). The fraction of sp³-hybridized carbons (Fsp3) is 0.526. The highest BCUT2D eigenvalue weighted by Gasteiger charge is 2.44. The summed E-state index contributed by atoms with van der Waals surface area (Å²) in [4.78, 5) is 76.5. The second-order valence-corrected chi connectivity index (χ2v) is 14.2. The van der Waals surface area contributed by atoms with E-state index in [9.17, 15) is 55.4 Å². The molecule has 1 saturated heterocycles. The lowest BCUT2D eigenvalue weighted by Crippen LogP contribution is -2.63. The van der Waals surface area contributed by atoms with Crippen LogP contribution in [0.1, 0.15) is 63.0 Å². The normalized spacial score (nSPS) is 18.8. The molecule has 0 saturated carbocycles. The molecule has 21 heteroatoms. The number of benzene rings is 2. The molecule has 4 amide bonds. The molecule has 1 heterocycles. The van der Waals surface area contributed by atoms with Crippen LogP contribution < -0.4 is 33.2 Å². The quantitative estimate of drug-likeness (QED) is 0.0797. The van der Waals surface area contributed by atoms with E-state index in [1.165, 1.54) is 4.90 Å². The number of alkyl halides is 6. The lowest BCUT2D eigenvalue weighted by molar-refractivity contribution is -0.192. The minimum absolute atomic E-state index is 0.0203. The Bertz CT molecular complexity index is 1700. The largest absolute Gasteiger partial charge is 0.490 e.